The molecule has 2 heteroatoms. The van der Waals surface area contributed by atoms with Crippen LogP contribution >= 0.6 is 0 Å². The Balaban J connectivity index is 3.50. The second-order valence-corrected chi connectivity index (χ2v) is 4.47. The zero-order valence-electron chi connectivity index (χ0n) is 11.8. The second kappa shape index (κ2) is 11.7. The van der Waals surface area contributed by atoms with Gasteiger partial charge in [-0.25, -0.2) is 4.79 Å². The van der Waals surface area contributed by atoms with E-state index in [9.17, 15) is 4.79 Å². The van der Waals surface area contributed by atoms with Gasteiger partial charge >= 0.3 is 5.97 Å². The van der Waals surface area contributed by atoms with E-state index in [2.05, 4.69) is 13.8 Å². The predicted molar refractivity (Wildman–Crippen MR) is 73.0 cm³/mol. The SMILES string of the molecule is CC=C(CCC)C(=O)OCCCCCCCC. The van der Waals surface area contributed by atoms with Gasteiger partial charge < -0.3 is 4.74 Å². The van der Waals surface area contributed by atoms with E-state index in [4.69, 9.17) is 4.74 Å². The van der Waals surface area contributed by atoms with Crippen LogP contribution in [0.25, 0.3) is 0 Å². The van der Waals surface area contributed by atoms with Crippen LogP contribution in [0.3, 0.4) is 0 Å². The molecule has 0 N–H and O–H groups in total. The van der Waals surface area contributed by atoms with E-state index in [1.165, 1.54) is 32.1 Å². The smallest absolute Gasteiger partial charge is 0.333 e. The molecule has 0 spiro atoms. The molecule has 0 atom stereocenters. The van der Waals surface area contributed by atoms with Crippen molar-refractivity contribution in [2.45, 2.75) is 72.1 Å². The third kappa shape index (κ3) is 8.96. The third-order valence-corrected chi connectivity index (χ3v) is 2.86. The Kier molecular flexibility index (Phi) is 11.1. The second-order valence-electron chi connectivity index (χ2n) is 4.47. The van der Waals surface area contributed by atoms with Gasteiger partial charge in [0.05, 0.1) is 6.61 Å². The molecule has 0 aliphatic rings. The molecule has 0 aliphatic heterocycles. The Labute approximate surface area is 106 Å². The van der Waals surface area contributed by atoms with Gasteiger partial charge in [0.1, 0.15) is 0 Å². The monoisotopic (exact) mass is 240 g/mol. The summed E-state index contributed by atoms with van der Waals surface area (Å²) in [5, 5.41) is 0. The van der Waals surface area contributed by atoms with Crippen LogP contribution in [-0.2, 0) is 9.53 Å². The van der Waals surface area contributed by atoms with Gasteiger partial charge in [0.15, 0.2) is 0 Å². The lowest BCUT2D eigenvalue weighted by molar-refractivity contribution is -0.139. The maximum atomic E-state index is 11.6. The molecule has 0 aromatic heterocycles. The predicted octanol–water partition coefficient (Wildman–Crippen LogP) is 4.64. The van der Waals surface area contributed by atoms with Gasteiger partial charge in [0.2, 0.25) is 0 Å². The van der Waals surface area contributed by atoms with Gasteiger partial charge in [-0.2, -0.15) is 0 Å². The molecule has 0 rings (SSSR count). The number of hydrogen-bond donors (Lipinski definition) is 0. The fraction of sp³-hybridized carbons (Fsp3) is 0.800. The summed E-state index contributed by atoms with van der Waals surface area (Å²) in [4.78, 5) is 11.6. The molecule has 17 heavy (non-hydrogen) atoms. The number of rotatable bonds is 10. The number of allylic oxidation sites excluding steroid dienone is 1. The largest absolute Gasteiger partial charge is 0.462 e. The topological polar surface area (TPSA) is 26.3 Å². The summed E-state index contributed by atoms with van der Waals surface area (Å²) in [5.74, 6) is -0.122. The molecule has 0 saturated carbocycles. The first-order valence-corrected chi connectivity index (χ1v) is 7.08. The summed E-state index contributed by atoms with van der Waals surface area (Å²) in [6.45, 7) is 6.77. The van der Waals surface area contributed by atoms with Crippen LogP contribution in [0.2, 0.25) is 0 Å². The molecule has 0 aromatic rings. The Hall–Kier alpha value is -0.790. The Morgan fingerprint density at radius 1 is 1.00 bits per heavy atom. The third-order valence-electron chi connectivity index (χ3n) is 2.86. The Morgan fingerprint density at radius 2 is 1.65 bits per heavy atom. The Morgan fingerprint density at radius 3 is 2.24 bits per heavy atom. The van der Waals surface area contributed by atoms with Crippen molar-refractivity contribution in [3.8, 4) is 0 Å². The Bertz CT molecular complexity index is 219. The van der Waals surface area contributed by atoms with E-state index in [-0.39, 0.29) is 5.97 Å². The van der Waals surface area contributed by atoms with Crippen LogP contribution in [0.1, 0.15) is 72.1 Å². The van der Waals surface area contributed by atoms with Gasteiger partial charge in [-0.3, -0.25) is 0 Å². The average Bonchev–Trinajstić information content (AvgIpc) is 2.34. The van der Waals surface area contributed by atoms with E-state index >= 15 is 0 Å². The zero-order chi connectivity index (χ0) is 12.9. The fourth-order valence-corrected chi connectivity index (χ4v) is 1.77. The molecule has 0 heterocycles. The quantitative estimate of drug-likeness (QED) is 0.316. The van der Waals surface area contributed by atoms with E-state index in [0.717, 1.165) is 24.8 Å². The molecule has 0 radical (unpaired) electrons. The molecular formula is C15H28O2. The van der Waals surface area contributed by atoms with Crippen LogP contribution < -0.4 is 0 Å². The van der Waals surface area contributed by atoms with Gasteiger partial charge in [-0.1, -0.05) is 58.4 Å². The van der Waals surface area contributed by atoms with Gasteiger partial charge in [0.25, 0.3) is 0 Å². The van der Waals surface area contributed by atoms with Gasteiger partial charge in [-0.05, 0) is 19.8 Å². The van der Waals surface area contributed by atoms with Crippen molar-refractivity contribution in [1.29, 1.82) is 0 Å². The number of unbranched alkanes of at least 4 members (excludes halogenated alkanes) is 5. The maximum Gasteiger partial charge on any atom is 0.333 e. The first-order chi connectivity index (χ1) is 8.26. The molecule has 0 aromatic carbocycles. The van der Waals surface area contributed by atoms with Crippen molar-refractivity contribution in [3.63, 3.8) is 0 Å². The van der Waals surface area contributed by atoms with Crippen LogP contribution in [-0.4, -0.2) is 12.6 Å². The lowest BCUT2D eigenvalue weighted by Gasteiger charge is -2.07. The molecule has 0 fully saturated rings. The van der Waals surface area contributed by atoms with E-state index in [1.807, 2.05) is 13.0 Å². The summed E-state index contributed by atoms with van der Waals surface area (Å²) in [6, 6.07) is 0. The molecular weight excluding hydrogens is 212 g/mol. The van der Waals surface area contributed by atoms with Crippen LogP contribution in [0.15, 0.2) is 11.6 Å². The zero-order valence-corrected chi connectivity index (χ0v) is 11.8. The summed E-state index contributed by atoms with van der Waals surface area (Å²) >= 11 is 0. The maximum absolute atomic E-state index is 11.6. The van der Waals surface area contributed by atoms with Crippen molar-refractivity contribution < 1.29 is 9.53 Å². The minimum Gasteiger partial charge on any atom is -0.462 e. The first kappa shape index (κ1) is 16.2. The van der Waals surface area contributed by atoms with E-state index in [0.29, 0.717) is 6.61 Å². The van der Waals surface area contributed by atoms with E-state index in [1.54, 1.807) is 0 Å². The van der Waals surface area contributed by atoms with Crippen LogP contribution in [0.4, 0.5) is 0 Å². The van der Waals surface area contributed by atoms with Gasteiger partial charge in [0, 0.05) is 5.57 Å². The molecule has 0 saturated heterocycles. The number of carbonyl (C=O) groups is 1. The van der Waals surface area contributed by atoms with Crippen molar-refractivity contribution in [2.24, 2.45) is 0 Å². The summed E-state index contributed by atoms with van der Waals surface area (Å²) in [6.07, 6.45) is 11.0. The lowest BCUT2D eigenvalue weighted by Crippen LogP contribution is -2.09. The average molecular weight is 240 g/mol. The highest BCUT2D eigenvalue weighted by molar-refractivity contribution is 5.88. The summed E-state index contributed by atoms with van der Waals surface area (Å²) in [5.41, 5.74) is 0.818. The molecule has 0 bridgehead atoms. The van der Waals surface area contributed by atoms with Crippen LogP contribution in [0, 0.1) is 0 Å². The van der Waals surface area contributed by atoms with Crippen molar-refractivity contribution in [2.75, 3.05) is 6.61 Å². The minimum absolute atomic E-state index is 0.122. The summed E-state index contributed by atoms with van der Waals surface area (Å²) in [7, 11) is 0. The van der Waals surface area contributed by atoms with E-state index < -0.39 is 0 Å². The number of hydrogen-bond acceptors (Lipinski definition) is 2. The van der Waals surface area contributed by atoms with Crippen LogP contribution in [0.5, 0.6) is 0 Å². The van der Waals surface area contributed by atoms with Crippen molar-refractivity contribution in [3.05, 3.63) is 11.6 Å². The van der Waals surface area contributed by atoms with Crippen molar-refractivity contribution in [1.82, 2.24) is 0 Å². The number of esters is 1. The molecule has 100 valence electrons. The minimum atomic E-state index is -0.122. The summed E-state index contributed by atoms with van der Waals surface area (Å²) < 4.78 is 5.25. The first-order valence-electron chi connectivity index (χ1n) is 7.08. The highest BCUT2D eigenvalue weighted by Gasteiger charge is 2.08. The molecule has 0 aliphatic carbocycles. The van der Waals surface area contributed by atoms with Crippen molar-refractivity contribution >= 4 is 5.97 Å². The molecule has 0 amide bonds. The lowest BCUT2D eigenvalue weighted by atomic mass is 10.1. The molecule has 2 nitrogen and oxygen atoms in total. The molecule has 0 unspecified atom stereocenters. The standard InChI is InChI=1S/C15H28O2/c1-4-7-8-9-10-11-13-17-15(16)14(6-3)12-5-2/h6H,4-5,7-13H2,1-3H3. The fourth-order valence-electron chi connectivity index (χ4n) is 1.77. The highest BCUT2D eigenvalue weighted by atomic mass is 16.5. The number of ether oxygens (including phenoxy) is 1. The normalized spacial score (nSPS) is 11.6. The highest BCUT2D eigenvalue weighted by Crippen LogP contribution is 2.09. The van der Waals surface area contributed by atoms with Gasteiger partial charge in [-0.15, -0.1) is 0 Å². The number of carbonyl (C=O) groups excluding carboxylic acids is 1.